The molecule has 0 amide bonds. The van der Waals surface area contributed by atoms with Crippen molar-refractivity contribution >= 4 is 50.8 Å². The molecule has 8 aromatic rings. The Bertz CT molecular complexity index is 4600. The Morgan fingerprint density at radius 2 is 0.602 bits per heavy atom. The molecular weight excluding hydrogens is 1290 g/mol. The van der Waals surface area contributed by atoms with E-state index in [2.05, 4.69) is 390 Å². The molecule has 0 heterocycles. The highest BCUT2D eigenvalue weighted by Gasteiger charge is 2.48. The normalized spacial score (nSPS) is 17.1. The average molecular weight is 1420 g/mol. The molecule has 0 aliphatic heterocycles. The second-order valence-electron chi connectivity index (χ2n) is 41.0. The molecule has 544 valence electrons. The fourth-order valence-electron chi connectivity index (χ4n) is 16.9. The maximum atomic E-state index is 7.10. The van der Waals surface area contributed by atoms with Crippen molar-refractivity contribution in [1.82, 2.24) is 0 Å². The van der Waals surface area contributed by atoms with E-state index in [1.165, 1.54) is 150 Å². The van der Waals surface area contributed by atoms with E-state index in [1.807, 2.05) is 0 Å². The summed E-state index contributed by atoms with van der Waals surface area (Å²) < 4.78 is 0. The van der Waals surface area contributed by atoms with Gasteiger partial charge in [-0.25, -0.2) is 0 Å². The lowest BCUT2D eigenvalue weighted by Crippen LogP contribution is -2.42. The number of hydrogen-bond donors (Lipinski definition) is 0. The van der Waals surface area contributed by atoms with Crippen molar-refractivity contribution in [3.8, 4) is 44.5 Å². The molecule has 4 aliphatic rings. The molecule has 0 saturated carbocycles. The minimum absolute atomic E-state index is 0.0399. The maximum absolute atomic E-state index is 7.10. The lowest BCUT2D eigenvalue weighted by atomic mass is 9.77. The van der Waals surface area contributed by atoms with Gasteiger partial charge in [-0.1, -0.05) is 385 Å². The van der Waals surface area contributed by atoms with Gasteiger partial charge in [0, 0.05) is 16.6 Å². The van der Waals surface area contributed by atoms with E-state index in [0.29, 0.717) is 16.6 Å². The van der Waals surface area contributed by atoms with Crippen molar-refractivity contribution in [3.63, 3.8) is 0 Å². The van der Waals surface area contributed by atoms with Crippen LogP contribution in [0.5, 0.6) is 0 Å². The molecular formula is C100H129ClSi2. The molecule has 8 aromatic carbocycles. The average Bonchev–Trinajstić information content (AvgIpc) is 1.58. The van der Waals surface area contributed by atoms with E-state index in [0.717, 1.165) is 6.42 Å². The molecule has 3 unspecified atom stereocenters. The van der Waals surface area contributed by atoms with Crippen LogP contribution in [0.3, 0.4) is 0 Å². The maximum Gasteiger partial charge on any atom is 0.161 e. The fraction of sp³-hybridized carbons (Fsp3) is 0.440. The van der Waals surface area contributed by atoms with Crippen LogP contribution in [0.15, 0.2) is 168 Å². The van der Waals surface area contributed by atoms with Crippen LogP contribution in [-0.2, 0) is 49.7 Å². The van der Waals surface area contributed by atoms with E-state index >= 15 is 0 Å². The summed E-state index contributed by atoms with van der Waals surface area (Å²) in [7, 11) is -3.97. The summed E-state index contributed by atoms with van der Waals surface area (Å²) in [6.45, 7) is 75.0. The van der Waals surface area contributed by atoms with E-state index in [9.17, 15) is 0 Å². The van der Waals surface area contributed by atoms with Crippen molar-refractivity contribution in [2.45, 2.75) is 286 Å². The minimum atomic E-state index is -2.05. The predicted molar refractivity (Wildman–Crippen MR) is 464 cm³/mol. The zero-order valence-electron chi connectivity index (χ0n) is 70.0. The Kier molecular flexibility index (Phi) is 21.2. The lowest BCUT2D eigenvalue weighted by molar-refractivity contribution is 0.568. The summed E-state index contributed by atoms with van der Waals surface area (Å²) in [4.78, 5) is 0. The molecule has 0 spiro atoms. The first-order valence-corrected chi connectivity index (χ1v) is 46.0. The first-order chi connectivity index (χ1) is 47.1. The van der Waals surface area contributed by atoms with Crippen LogP contribution < -0.4 is 0 Å². The van der Waals surface area contributed by atoms with E-state index < -0.39 is 15.5 Å². The number of rotatable bonds is 7. The molecule has 0 nitrogen and oxygen atoms in total. The van der Waals surface area contributed by atoms with E-state index in [4.69, 9.17) is 11.1 Å². The van der Waals surface area contributed by atoms with Gasteiger partial charge in [0.05, 0.1) is 8.07 Å². The number of allylic oxidation sites excluding steroid dienone is 4. The van der Waals surface area contributed by atoms with Gasteiger partial charge in [0.15, 0.2) is 7.38 Å². The first kappa shape index (κ1) is 79.0. The Morgan fingerprint density at radius 3 is 0.971 bits per heavy atom. The van der Waals surface area contributed by atoms with E-state index in [-0.39, 0.29) is 43.3 Å². The Labute approximate surface area is 634 Å². The smallest absolute Gasteiger partial charge is 0.161 e. The molecule has 0 fully saturated rings. The van der Waals surface area contributed by atoms with Crippen LogP contribution in [0.1, 0.15) is 300 Å². The zero-order valence-corrected chi connectivity index (χ0v) is 72.7. The predicted octanol–water partition coefficient (Wildman–Crippen LogP) is 30.0. The van der Waals surface area contributed by atoms with Crippen LogP contribution in [0, 0.1) is 0 Å². The summed E-state index contributed by atoms with van der Waals surface area (Å²) in [5, 5.41) is 0. The number of hydrogen-bond acceptors (Lipinski definition) is 0. The minimum Gasteiger partial charge on any atom is -0.167 e. The summed E-state index contributed by atoms with van der Waals surface area (Å²) >= 11 is 7.10. The third kappa shape index (κ3) is 16.7. The molecule has 0 bridgehead atoms. The largest absolute Gasteiger partial charge is 0.167 e. The third-order valence-corrected chi connectivity index (χ3v) is 30.3. The topological polar surface area (TPSA) is 0 Å². The van der Waals surface area contributed by atoms with Gasteiger partial charge in [0.2, 0.25) is 0 Å². The van der Waals surface area contributed by atoms with Crippen LogP contribution in [-0.4, -0.2) is 15.5 Å². The monoisotopic (exact) mass is 1420 g/mol. The fourth-order valence-corrected chi connectivity index (χ4v) is 24.8. The summed E-state index contributed by atoms with van der Waals surface area (Å²) in [5.41, 5.74) is 41.8. The Balaban J connectivity index is 0.000000185. The van der Waals surface area contributed by atoms with Gasteiger partial charge in [-0.05, 0) is 211 Å². The lowest BCUT2D eigenvalue weighted by Gasteiger charge is -2.39. The van der Waals surface area contributed by atoms with Crippen molar-refractivity contribution in [1.29, 1.82) is 0 Å². The van der Waals surface area contributed by atoms with Crippen LogP contribution in [0.4, 0.5) is 0 Å². The van der Waals surface area contributed by atoms with Crippen molar-refractivity contribution < 1.29 is 0 Å². The molecule has 0 saturated heterocycles. The zero-order chi connectivity index (χ0) is 76.4. The molecule has 0 N–H and O–H groups in total. The Hall–Kier alpha value is -6.56. The molecule has 0 radical (unpaired) electrons. The summed E-state index contributed by atoms with van der Waals surface area (Å²) in [6, 6.07) is 56.9. The molecule has 4 aliphatic carbocycles. The van der Waals surface area contributed by atoms with Gasteiger partial charge in [0.1, 0.15) is 0 Å². The van der Waals surface area contributed by atoms with Gasteiger partial charge in [-0.15, -0.1) is 0 Å². The van der Waals surface area contributed by atoms with Crippen LogP contribution in [0.2, 0.25) is 26.2 Å². The Morgan fingerprint density at radius 1 is 0.291 bits per heavy atom. The molecule has 103 heavy (non-hydrogen) atoms. The summed E-state index contributed by atoms with van der Waals surface area (Å²) in [5.74, 6) is 0. The molecule has 12 rings (SSSR count). The third-order valence-electron chi connectivity index (χ3n) is 23.0. The highest BCUT2D eigenvalue weighted by Crippen LogP contribution is 2.56. The van der Waals surface area contributed by atoms with Gasteiger partial charge >= 0.3 is 0 Å². The van der Waals surface area contributed by atoms with E-state index in [1.54, 1.807) is 5.56 Å². The number of fused-ring (bicyclic) bond motifs is 4. The number of halogens is 1. The van der Waals surface area contributed by atoms with Crippen LogP contribution in [0.25, 0.3) is 68.8 Å². The molecule has 3 atom stereocenters. The summed E-state index contributed by atoms with van der Waals surface area (Å²) in [6.07, 6.45) is 10.9. The first-order valence-electron chi connectivity index (χ1n) is 38.7. The second-order valence-corrected chi connectivity index (χ2v) is 52.4. The number of benzene rings is 8. The van der Waals surface area contributed by atoms with Crippen LogP contribution >= 0.6 is 11.1 Å². The standard InChI is InChI=1S/C50H64Si.C30H43ClSi.C20H22/c1-31-24-42-39(33-20-22-35(23-21-33)47(3,4)5)18-17-19-40(42)45(31)51(15,16)46-32(2)25-43-41(29-38(30-44(43)46)50(12,13)14)34-26-36(48(6,7)8)28-37(27-34)49(9,10)11;1-19-13-25-24(17-23(30(8,9)10)18-26(25)27(19)32(11,12)31)20-14-21(28(2,3)4)16-22(15-20)29(5,6)7;1-14-12-16-6-5-7-18(19(16)13-14)15-8-10-17(11-9-15)20(2,3)4/h17-30,45-46H,1-16H3;13-18,27H,1-12H3;5-12H,13H2,1-4H3. The SMILES string of the molecule is CC1=Cc2c(-c3cc(C(C)(C)C)cc(C(C)(C)C)c3)cc(C(C)(C)C)cc2C1[Si](C)(C)Cl.CC1=Cc2c(-c3ccc(C(C)(C)C)cc3)cccc2C1[Si](C)(C)C1C(C)=Cc2c(-c3cc(C(C)(C)C)cc(C(C)(C)C)c3)cc(C(C)(C)C)cc21.CC1=Cc2cccc(-c3ccc(C(C)(C)C)cc3)c2C1. The van der Waals surface area contributed by atoms with Gasteiger partial charge in [-0.3, -0.25) is 0 Å². The van der Waals surface area contributed by atoms with Gasteiger partial charge in [-0.2, -0.15) is 11.1 Å². The van der Waals surface area contributed by atoms with Crippen molar-refractivity contribution in [3.05, 3.63) is 257 Å². The quantitative estimate of drug-likeness (QED) is 0.110. The van der Waals surface area contributed by atoms with Crippen molar-refractivity contribution in [2.75, 3.05) is 0 Å². The highest BCUT2D eigenvalue weighted by atomic mass is 35.6. The van der Waals surface area contributed by atoms with Gasteiger partial charge < -0.3 is 0 Å². The van der Waals surface area contributed by atoms with Crippen molar-refractivity contribution in [2.24, 2.45) is 0 Å². The second kappa shape index (κ2) is 27.7. The molecule has 0 aromatic heterocycles. The highest BCUT2D eigenvalue weighted by molar-refractivity contribution is 7.20. The molecule has 3 heteroatoms. The van der Waals surface area contributed by atoms with Gasteiger partial charge in [0.25, 0.3) is 0 Å².